The molecule has 1 fully saturated rings. The number of H-pyrrole nitrogens is 1. The molecule has 3 heterocycles. The molecule has 6 nitrogen and oxygen atoms in total. The average Bonchev–Trinajstić information content (AvgIpc) is 3.19. The summed E-state index contributed by atoms with van der Waals surface area (Å²) in [5.41, 5.74) is 0.691. The molecular formula is C18H26N4O2. The van der Waals surface area contributed by atoms with Gasteiger partial charge >= 0.3 is 0 Å². The average molecular weight is 330 g/mol. The standard InChI is InChI=1S/C18H26N4O2/c23-18(9-3-6-12-22-10-4-1-2-5-11-22)19-17-14-15(20-21-17)16-8-7-13-24-16/h7-8,13-14H,1-6,9-12H2,(H2,19,20,21,23). The van der Waals surface area contributed by atoms with Crippen LogP contribution in [-0.2, 0) is 4.79 Å². The number of hydrogen-bond acceptors (Lipinski definition) is 4. The molecule has 1 aliphatic heterocycles. The summed E-state index contributed by atoms with van der Waals surface area (Å²) in [5.74, 6) is 1.32. The lowest BCUT2D eigenvalue weighted by molar-refractivity contribution is -0.116. The molecule has 130 valence electrons. The van der Waals surface area contributed by atoms with Gasteiger partial charge in [-0.1, -0.05) is 12.8 Å². The molecule has 2 aromatic heterocycles. The first-order valence-electron chi connectivity index (χ1n) is 8.93. The number of carbonyl (C=O) groups is 1. The SMILES string of the molecule is O=C(CCCCN1CCCCCC1)Nc1cc(-c2ccco2)n[nH]1. The van der Waals surface area contributed by atoms with Gasteiger partial charge in [-0.05, 0) is 57.5 Å². The van der Waals surface area contributed by atoms with Crippen molar-refractivity contribution in [2.45, 2.75) is 44.9 Å². The molecule has 2 aromatic rings. The van der Waals surface area contributed by atoms with Gasteiger partial charge in [-0.3, -0.25) is 9.89 Å². The second-order valence-corrected chi connectivity index (χ2v) is 6.41. The van der Waals surface area contributed by atoms with Crippen LogP contribution in [0.4, 0.5) is 5.82 Å². The van der Waals surface area contributed by atoms with Crippen molar-refractivity contribution in [3.63, 3.8) is 0 Å². The van der Waals surface area contributed by atoms with Gasteiger partial charge in [0.05, 0.1) is 6.26 Å². The number of amides is 1. The van der Waals surface area contributed by atoms with E-state index in [9.17, 15) is 4.79 Å². The molecule has 24 heavy (non-hydrogen) atoms. The lowest BCUT2D eigenvalue weighted by atomic mass is 10.2. The van der Waals surface area contributed by atoms with Crippen molar-refractivity contribution in [3.05, 3.63) is 24.5 Å². The molecule has 0 unspecified atom stereocenters. The molecule has 3 rings (SSSR count). The Labute approximate surface area is 142 Å². The maximum Gasteiger partial charge on any atom is 0.225 e. The Hall–Kier alpha value is -2.08. The smallest absolute Gasteiger partial charge is 0.225 e. The highest BCUT2D eigenvalue weighted by Gasteiger charge is 2.10. The molecule has 0 bridgehead atoms. The number of unbranched alkanes of at least 4 members (excludes halogenated alkanes) is 1. The molecule has 2 N–H and O–H groups in total. The number of nitrogens with one attached hydrogen (secondary N) is 2. The summed E-state index contributed by atoms with van der Waals surface area (Å²) in [6.45, 7) is 3.55. The molecule has 1 saturated heterocycles. The number of hydrogen-bond donors (Lipinski definition) is 2. The van der Waals surface area contributed by atoms with Crippen LogP contribution < -0.4 is 5.32 Å². The fraction of sp³-hybridized carbons (Fsp3) is 0.556. The molecule has 0 aliphatic carbocycles. The van der Waals surface area contributed by atoms with Crippen LogP contribution in [-0.4, -0.2) is 40.6 Å². The number of anilines is 1. The summed E-state index contributed by atoms with van der Waals surface area (Å²) in [6, 6.07) is 5.44. The summed E-state index contributed by atoms with van der Waals surface area (Å²) >= 11 is 0. The number of nitrogens with zero attached hydrogens (tertiary/aromatic N) is 2. The third-order valence-corrected chi connectivity index (χ3v) is 4.45. The number of aromatic nitrogens is 2. The Morgan fingerprint density at radius 1 is 1.25 bits per heavy atom. The highest BCUT2D eigenvalue weighted by molar-refractivity contribution is 5.90. The topological polar surface area (TPSA) is 74.2 Å². The maximum atomic E-state index is 12.0. The van der Waals surface area contributed by atoms with E-state index in [0.717, 1.165) is 19.4 Å². The lowest BCUT2D eigenvalue weighted by Crippen LogP contribution is -2.25. The molecule has 0 atom stereocenters. The van der Waals surface area contributed by atoms with Crippen LogP contribution >= 0.6 is 0 Å². The third kappa shape index (κ3) is 4.96. The van der Waals surface area contributed by atoms with Crippen LogP contribution in [0, 0.1) is 0 Å². The van der Waals surface area contributed by atoms with Gasteiger partial charge in [0.25, 0.3) is 0 Å². The van der Waals surface area contributed by atoms with Crippen LogP contribution in [0.1, 0.15) is 44.9 Å². The third-order valence-electron chi connectivity index (χ3n) is 4.45. The maximum absolute atomic E-state index is 12.0. The summed E-state index contributed by atoms with van der Waals surface area (Å²) < 4.78 is 5.28. The highest BCUT2D eigenvalue weighted by Crippen LogP contribution is 2.20. The molecule has 0 radical (unpaired) electrons. The minimum Gasteiger partial charge on any atom is -0.463 e. The van der Waals surface area contributed by atoms with E-state index in [1.165, 1.54) is 38.8 Å². The lowest BCUT2D eigenvalue weighted by Gasteiger charge is -2.19. The Kier molecular flexibility index (Phi) is 6.07. The van der Waals surface area contributed by atoms with Crippen molar-refractivity contribution in [1.29, 1.82) is 0 Å². The Balaban J connectivity index is 1.35. The number of aromatic amines is 1. The number of rotatable bonds is 7. The van der Waals surface area contributed by atoms with E-state index in [4.69, 9.17) is 4.42 Å². The largest absolute Gasteiger partial charge is 0.463 e. The second-order valence-electron chi connectivity index (χ2n) is 6.41. The van der Waals surface area contributed by atoms with Crippen molar-refractivity contribution >= 4 is 11.7 Å². The van der Waals surface area contributed by atoms with Crippen LogP contribution in [0.3, 0.4) is 0 Å². The fourth-order valence-electron chi connectivity index (χ4n) is 3.13. The molecule has 0 saturated carbocycles. The number of carbonyl (C=O) groups excluding carboxylic acids is 1. The Morgan fingerprint density at radius 3 is 2.83 bits per heavy atom. The number of likely N-dealkylation sites (tertiary alicyclic amines) is 1. The summed E-state index contributed by atoms with van der Waals surface area (Å²) in [4.78, 5) is 14.6. The zero-order valence-electron chi connectivity index (χ0n) is 14.1. The molecule has 6 heteroatoms. The minimum absolute atomic E-state index is 0.0283. The van der Waals surface area contributed by atoms with E-state index in [2.05, 4.69) is 20.4 Å². The van der Waals surface area contributed by atoms with E-state index < -0.39 is 0 Å². The Morgan fingerprint density at radius 2 is 2.08 bits per heavy atom. The van der Waals surface area contributed by atoms with Gasteiger partial charge in [0.1, 0.15) is 11.5 Å². The van der Waals surface area contributed by atoms with E-state index >= 15 is 0 Å². The van der Waals surface area contributed by atoms with Crippen LogP contribution in [0.25, 0.3) is 11.5 Å². The van der Waals surface area contributed by atoms with Crippen molar-refractivity contribution in [1.82, 2.24) is 15.1 Å². The van der Waals surface area contributed by atoms with Gasteiger partial charge < -0.3 is 14.6 Å². The van der Waals surface area contributed by atoms with Gasteiger partial charge in [0.2, 0.25) is 5.91 Å². The van der Waals surface area contributed by atoms with E-state index in [1.54, 1.807) is 12.3 Å². The van der Waals surface area contributed by atoms with Crippen LogP contribution in [0.15, 0.2) is 28.9 Å². The molecular weight excluding hydrogens is 304 g/mol. The van der Waals surface area contributed by atoms with Crippen molar-refractivity contribution in [2.75, 3.05) is 25.0 Å². The zero-order chi connectivity index (χ0) is 16.6. The second kappa shape index (κ2) is 8.68. The molecule has 1 aliphatic rings. The van der Waals surface area contributed by atoms with Gasteiger partial charge in [-0.15, -0.1) is 0 Å². The van der Waals surface area contributed by atoms with Gasteiger partial charge in [0.15, 0.2) is 5.76 Å². The van der Waals surface area contributed by atoms with Gasteiger partial charge in [-0.25, -0.2) is 0 Å². The first kappa shape index (κ1) is 16.8. The van der Waals surface area contributed by atoms with E-state index in [1.807, 2.05) is 12.1 Å². The predicted octanol–water partition coefficient (Wildman–Crippen LogP) is 3.65. The molecule has 0 spiro atoms. The van der Waals surface area contributed by atoms with Gasteiger partial charge in [-0.2, -0.15) is 5.10 Å². The highest BCUT2D eigenvalue weighted by atomic mass is 16.3. The van der Waals surface area contributed by atoms with E-state index in [0.29, 0.717) is 23.7 Å². The summed E-state index contributed by atoms with van der Waals surface area (Å²) in [7, 11) is 0. The molecule has 1 amide bonds. The normalized spacial score (nSPS) is 16.0. The van der Waals surface area contributed by atoms with E-state index in [-0.39, 0.29) is 5.91 Å². The van der Waals surface area contributed by atoms with Crippen molar-refractivity contribution < 1.29 is 9.21 Å². The van der Waals surface area contributed by atoms with Gasteiger partial charge in [0, 0.05) is 12.5 Å². The first-order valence-corrected chi connectivity index (χ1v) is 8.93. The fourth-order valence-corrected chi connectivity index (χ4v) is 3.13. The van der Waals surface area contributed by atoms with Crippen LogP contribution in [0.2, 0.25) is 0 Å². The van der Waals surface area contributed by atoms with Crippen LogP contribution in [0.5, 0.6) is 0 Å². The molecule has 0 aromatic carbocycles. The quantitative estimate of drug-likeness (QED) is 0.760. The summed E-state index contributed by atoms with van der Waals surface area (Å²) in [5, 5.41) is 9.82. The van der Waals surface area contributed by atoms with Crippen molar-refractivity contribution in [2.24, 2.45) is 0 Å². The van der Waals surface area contributed by atoms with Crippen molar-refractivity contribution in [3.8, 4) is 11.5 Å². The Bertz CT molecular complexity index is 613. The predicted molar refractivity (Wildman–Crippen MR) is 93.7 cm³/mol. The minimum atomic E-state index is 0.0283. The zero-order valence-corrected chi connectivity index (χ0v) is 14.1. The first-order chi connectivity index (χ1) is 11.8. The monoisotopic (exact) mass is 330 g/mol. The summed E-state index contributed by atoms with van der Waals surface area (Å²) in [6.07, 6.45) is 9.51. The number of furan rings is 1.